The van der Waals surface area contributed by atoms with Crippen LogP contribution < -0.4 is 20.7 Å². The highest BCUT2D eigenvalue weighted by Gasteiger charge is 2.38. The lowest BCUT2D eigenvalue weighted by Crippen LogP contribution is -2.42. The number of urea groups is 1. The SMILES string of the molecule is CCC(NC(=O)Nc1ccc(C[C@@H](CO)NC[C@H](O)COc2ccccc2)cc1)C(=O)O.O=C(O)C(F)(F)F. The summed E-state index contributed by atoms with van der Waals surface area (Å²) in [6, 6.07) is 14.4. The number of carboxylic acid groups (broad SMARTS) is 2. The number of aliphatic hydroxyl groups is 2. The van der Waals surface area contributed by atoms with E-state index in [-0.39, 0.29) is 32.2 Å². The minimum absolute atomic E-state index is 0.109. The van der Waals surface area contributed by atoms with Crippen molar-refractivity contribution in [2.45, 2.75) is 44.1 Å². The van der Waals surface area contributed by atoms with Gasteiger partial charge in [0.1, 0.15) is 24.5 Å². The number of carbonyl (C=O) groups excluding carboxylic acids is 1. The summed E-state index contributed by atoms with van der Waals surface area (Å²) in [5.74, 6) is -3.16. The summed E-state index contributed by atoms with van der Waals surface area (Å²) in [7, 11) is 0. The molecule has 0 radical (unpaired) electrons. The molecule has 39 heavy (non-hydrogen) atoms. The lowest BCUT2D eigenvalue weighted by Gasteiger charge is -2.19. The molecule has 0 bridgehead atoms. The van der Waals surface area contributed by atoms with Gasteiger partial charge in [0, 0.05) is 18.3 Å². The summed E-state index contributed by atoms with van der Waals surface area (Å²) in [4.78, 5) is 31.8. The molecule has 2 rings (SSSR count). The Morgan fingerprint density at radius 1 is 1.00 bits per heavy atom. The molecule has 0 heterocycles. The van der Waals surface area contributed by atoms with Crippen LogP contribution >= 0.6 is 0 Å². The first kappa shape index (κ1) is 33.1. The summed E-state index contributed by atoms with van der Waals surface area (Å²) in [5.41, 5.74) is 1.45. The molecule has 0 fully saturated rings. The molecule has 7 N–H and O–H groups in total. The van der Waals surface area contributed by atoms with Gasteiger partial charge in [-0.3, -0.25) is 0 Å². The zero-order valence-electron chi connectivity index (χ0n) is 21.0. The van der Waals surface area contributed by atoms with Gasteiger partial charge in [0.2, 0.25) is 0 Å². The van der Waals surface area contributed by atoms with E-state index in [4.69, 9.17) is 19.7 Å². The number of para-hydroxylation sites is 1. The number of alkyl halides is 3. The Kier molecular flexibility index (Phi) is 14.3. The average molecular weight is 560 g/mol. The number of aliphatic carboxylic acids is 2. The Hall–Kier alpha value is -3.88. The molecule has 0 aliphatic carbocycles. The van der Waals surface area contributed by atoms with Gasteiger partial charge in [-0.25, -0.2) is 14.4 Å². The Bertz CT molecular complexity index is 1020. The number of halogens is 3. The summed E-state index contributed by atoms with van der Waals surface area (Å²) < 4.78 is 37.3. The zero-order valence-corrected chi connectivity index (χ0v) is 21.0. The van der Waals surface area contributed by atoms with Crippen molar-refractivity contribution >= 4 is 23.7 Å². The van der Waals surface area contributed by atoms with Crippen LogP contribution in [0.3, 0.4) is 0 Å². The predicted molar refractivity (Wildman–Crippen MR) is 135 cm³/mol. The summed E-state index contributed by atoms with van der Waals surface area (Å²) >= 11 is 0. The number of ether oxygens (including phenoxy) is 1. The maximum Gasteiger partial charge on any atom is 0.490 e. The van der Waals surface area contributed by atoms with Crippen LogP contribution in [0.15, 0.2) is 54.6 Å². The van der Waals surface area contributed by atoms with Crippen molar-refractivity contribution < 1.29 is 52.7 Å². The molecule has 11 nitrogen and oxygen atoms in total. The Balaban J connectivity index is 0.000000956. The monoisotopic (exact) mass is 559 g/mol. The standard InChI is InChI=1S/C23H31N3O6.C2HF3O2/c1-2-21(22(29)30)26-23(31)25-17-10-8-16(9-11-17)12-18(14-27)24-13-19(28)15-32-20-6-4-3-5-7-20;3-2(4,5)1(6)7/h3-11,18-19,21,24,27-28H,2,12-15H2,1H3,(H,29,30)(H2,25,26,31);(H,6,7)/t18-,19-,21?;/m0./s1. The number of nitrogens with one attached hydrogen (secondary N) is 3. The van der Waals surface area contributed by atoms with Crippen molar-refractivity contribution in [3.63, 3.8) is 0 Å². The van der Waals surface area contributed by atoms with Crippen LogP contribution in [0.2, 0.25) is 0 Å². The normalized spacial score (nSPS) is 13.2. The number of carbonyl (C=O) groups is 3. The number of anilines is 1. The van der Waals surface area contributed by atoms with E-state index in [2.05, 4.69) is 16.0 Å². The lowest BCUT2D eigenvalue weighted by molar-refractivity contribution is -0.192. The van der Waals surface area contributed by atoms with E-state index in [9.17, 15) is 33.0 Å². The molecule has 2 aromatic carbocycles. The van der Waals surface area contributed by atoms with Gasteiger partial charge in [0.15, 0.2) is 0 Å². The number of carboxylic acids is 2. The van der Waals surface area contributed by atoms with Crippen molar-refractivity contribution in [3.8, 4) is 5.75 Å². The summed E-state index contributed by atoms with van der Waals surface area (Å²) in [5, 5.41) is 44.0. The second-order valence-electron chi connectivity index (χ2n) is 8.17. The van der Waals surface area contributed by atoms with Crippen molar-refractivity contribution in [3.05, 3.63) is 60.2 Å². The van der Waals surface area contributed by atoms with Crippen molar-refractivity contribution in [2.24, 2.45) is 0 Å². The lowest BCUT2D eigenvalue weighted by atomic mass is 10.1. The van der Waals surface area contributed by atoms with Crippen molar-refractivity contribution in [1.82, 2.24) is 10.6 Å². The third kappa shape index (κ3) is 14.0. The molecule has 2 aromatic rings. The van der Waals surface area contributed by atoms with Crippen LogP contribution in [-0.2, 0) is 16.0 Å². The second-order valence-corrected chi connectivity index (χ2v) is 8.17. The van der Waals surface area contributed by atoms with Crippen molar-refractivity contribution in [2.75, 3.05) is 25.1 Å². The molecule has 0 spiro atoms. The molecule has 14 heteroatoms. The molecule has 0 aliphatic rings. The van der Waals surface area contributed by atoms with E-state index in [1.54, 1.807) is 19.1 Å². The largest absolute Gasteiger partial charge is 0.491 e. The van der Waals surface area contributed by atoms with Gasteiger partial charge in [0.25, 0.3) is 0 Å². The molecule has 216 valence electrons. The van der Waals surface area contributed by atoms with Gasteiger partial charge in [-0.05, 0) is 42.7 Å². The fraction of sp³-hybridized carbons (Fsp3) is 0.400. The first-order valence-corrected chi connectivity index (χ1v) is 11.7. The van der Waals surface area contributed by atoms with Crippen LogP contribution in [0.1, 0.15) is 18.9 Å². The van der Waals surface area contributed by atoms with Gasteiger partial charge >= 0.3 is 24.1 Å². The highest BCUT2D eigenvalue weighted by atomic mass is 19.4. The molecule has 0 aromatic heterocycles. The Labute approximate surface area is 222 Å². The second kappa shape index (κ2) is 16.9. The van der Waals surface area contributed by atoms with E-state index < -0.39 is 36.3 Å². The number of amides is 2. The summed E-state index contributed by atoms with van der Waals surface area (Å²) in [6.07, 6.45) is -5.01. The molecule has 0 saturated carbocycles. The molecular formula is C25H32F3N3O8. The van der Waals surface area contributed by atoms with Gasteiger partial charge < -0.3 is 41.1 Å². The van der Waals surface area contributed by atoms with Gasteiger partial charge in [-0.2, -0.15) is 13.2 Å². The summed E-state index contributed by atoms with van der Waals surface area (Å²) in [6.45, 7) is 1.97. The number of rotatable bonds is 13. The van der Waals surface area contributed by atoms with Gasteiger partial charge in [-0.15, -0.1) is 0 Å². The van der Waals surface area contributed by atoms with E-state index in [0.717, 1.165) is 5.56 Å². The maximum atomic E-state index is 11.9. The third-order valence-corrected chi connectivity index (χ3v) is 5.00. The first-order valence-electron chi connectivity index (χ1n) is 11.7. The van der Waals surface area contributed by atoms with Crippen LogP contribution in [-0.4, -0.2) is 82.5 Å². The van der Waals surface area contributed by atoms with E-state index in [1.165, 1.54) is 0 Å². The first-order chi connectivity index (χ1) is 18.3. The number of hydrogen-bond acceptors (Lipinski definition) is 7. The fourth-order valence-corrected chi connectivity index (χ4v) is 2.94. The molecule has 2 amide bonds. The molecule has 1 unspecified atom stereocenters. The smallest absolute Gasteiger partial charge is 0.490 e. The highest BCUT2D eigenvalue weighted by Crippen LogP contribution is 2.13. The van der Waals surface area contributed by atoms with Gasteiger partial charge in [0.05, 0.1) is 6.61 Å². The Morgan fingerprint density at radius 2 is 1.59 bits per heavy atom. The topological polar surface area (TPSA) is 177 Å². The number of aliphatic hydroxyl groups excluding tert-OH is 2. The zero-order chi connectivity index (χ0) is 29.4. The quantitative estimate of drug-likeness (QED) is 0.194. The van der Waals surface area contributed by atoms with Crippen molar-refractivity contribution in [1.29, 1.82) is 0 Å². The Morgan fingerprint density at radius 3 is 2.08 bits per heavy atom. The average Bonchev–Trinajstić information content (AvgIpc) is 2.89. The van der Waals surface area contributed by atoms with Crippen LogP contribution in [0, 0.1) is 0 Å². The fourth-order valence-electron chi connectivity index (χ4n) is 2.94. The highest BCUT2D eigenvalue weighted by molar-refractivity contribution is 5.92. The van der Waals surface area contributed by atoms with Crippen LogP contribution in [0.4, 0.5) is 23.7 Å². The third-order valence-electron chi connectivity index (χ3n) is 5.00. The molecule has 0 aliphatic heterocycles. The van der Waals surface area contributed by atoms with E-state index >= 15 is 0 Å². The minimum atomic E-state index is -5.08. The maximum absolute atomic E-state index is 11.9. The van der Waals surface area contributed by atoms with E-state index in [1.807, 2.05) is 42.5 Å². The minimum Gasteiger partial charge on any atom is -0.491 e. The van der Waals surface area contributed by atoms with E-state index in [0.29, 0.717) is 17.9 Å². The van der Waals surface area contributed by atoms with Gasteiger partial charge in [-0.1, -0.05) is 37.3 Å². The molecule has 0 saturated heterocycles. The van der Waals surface area contributed by atoms with Crippen LogP contribution in [0.5, 0.6) is 5.75 Å². The predicted octanol–water partition coefficient (Wildman–Crippen LogP) is 2.24. The van der Waals surface area contributed by atoms with Crippen LogP contribution in [0.25, 0.3) is 0 Å². The number of hydrogen-bond donors (Lipinski definition) is 7. The molecule has 3 atom stereocenters. The number of benzene rings is 2. The molecular weight excluding hydrogens is 527 g/mol.